The fourth-order valence-corrected chi connectivity index (χ4v) is 4.82. The molecule has 4 rings (SSSR count). The van der Waals surface area contributed by atoms with Crippen molar-refractivity contribution in [3.8, 4) is 0 Å². The summed E-state index contributed by atoms with van der Waals surface area (Å²) in [5.74, 6) is 0.751. The van der Waals surface area contributed by atoms with Crippen molar-refractivity contribution in [2.24, 2.45) is 0 Å². The third-order valence-corrected chi connectivity index (χ3v) is 6.11. The summed E-state index contributed by atoms with van der Waals surface area (Å²) in [6.45, 7) is 2.37. The van der Waals surface area contributed by atoms with E-state index < -0.39 is 0 Å². The van der Waals surface area contributed by atoms with Crippen LogP contribution in [0.25, 0.3) is 10.2 Å². The second-order valence-electron chi connectivity index (χ2n) is 6.03. The Bertz CT molecular complexity index is 958. The number of hydrogen-bond donors (Lipinski definition) is 0. The van der Waals surface area contributed by atoms with E-state index in [9.17, 15) is 4.79 Å². The van der Waals surface area contributed by atoms with E-state index in [1.54, 1.807) is 15.9 Å². The number of hydrogen-bond acceptors (Lipinski definition) is 3. The summed E-state index contributed by atoms with van der Waals surface area (Å²) in [4.78, 5) is 20.0. The second kappa shape index (κ2) is 5.77. The maximum Gasteiger partial charge on any atom is 0.262 e. The molecule has 1 aliphatic carbocycles. The third-order valence-electron chi connectivity index (χ3n) is 4.55. The van der Waals surface area contributed by atoms with Crippen molar-refractivity contribution in [2.45, 2.75) is 39.2 Å². The van der Waals surface area contributed by atoms with Gasteiger partial charge in [0.15, 0.2) is 0 Å². The Morgan fingerprint density at radius 2 is 2.04 bits per heavy atom. The highest BCUT2D eigenvalue weighted by molar-refractivity contribution is 7.18. The molecule has 0 aliphatic heterocycles. The molecule has 0 unspecified atom stereocenters. The minimum Gasteiger partial charge on any atom is -0.292 e. The molecule has 0 saturated carbocycles. The number of thiophene rings is 1. The van der Waals surface area contributed by atoms with Crippen LogP contribution >= 0.6 is 22.9 Å². The van der Waals surface area contributed by atoms with Crippen LogP contribution in [0.2, 0.25) is 5.02 Å². The molecule has 23 heavy (non-hydrogen) atoms. The summed E-state index contributed by atoms with van der Waals surface area (Å²) in [7, 11) is 0. The smallest absolute Gasteiger partial charge is 0.262 e. The van der Waals surface area contributed by atoms with E-state index in [0.717, 1.165) is 40.9 Å². The van der Waals surface area contributed by atoms with Gasteiger partial charge < -0.3 is 0 Å². The molecule has 0 bridgehead atoms. The highest BCUT2D eigenvalue weighted by Gasteiger charge is 2.21. The number of halogens is 1. The molecule has 0 atom stereocenters. The zero-order valence-corrected chi connectivity index (χ0v) is 14.5. The molecule has 0 spiro atoms. The molecule has 0 amide bonds. The minimum atomic E-state index is 0.0758. The maximum absolute atomic E-state index is 13.1. The standard InChI is InChI=1S/C18H17ClN2OS/c1-11-20-17-16(13-7-3-5-9-15(13)23-17)18(22)21(11)10-12-6-2-4-8-14(12)19/h2,4,6,8H,3,5,7,9-10H2,1H3. The predicted molar refractivity (Wildman–Crippen MR) is 95.8 cm³/mol. The first kappa shape index (κ1) is 14.9. The van der Waals surface area contributed by atoms with E-state index in [0.29, 0.717) is 11.6 Å². The van der Waals surface area contributed by atoms with Crippen LogP contribution in [0, 0.1) is 6.92 Å². The average molecular weight is 345 g/mol. The molecule has 0 radical (unpaired) electrons. The molecule has 0 N–H and O–H groups in total. The number of benzene rings is 1. The Hall–Kier alpha value is -1.65. The van der Waals surface area contributed by atoms with Gasteiger partial charge in [-0.15, -0.1) is 11.3 Å². The summed E-state index contributed by atoms with van der Waals surface area (Å²) in [5.41, 5.74) is 2.26. The van der Waals surface area contributed by atoms with Crippen LogP contribution in [0.4, 0.5) is 0 Å². The average Bonchev–Trinajstić information content (AvgIpc) is 2.91. The first-order valence-electron chi connectivity index (χ1n) is 7.90. The molecular formula is C18H17ClN2OS. The van der Waals surface area contributed by atoms with Gasteiger partial charge in [-0.2, -0.15) is 0 Å². The van der Waals surface area contributed by atoms with Crippen LogP contribution in [0.5, 0.6) is 0 Å². The number of fused-ring (bicyclic) bond motifs is 3. The number of nitrogens with zero attached hydrogens (tertiary/aromatic N) is 2. The van der Waals surface area contributed by atoms with E-state index in [1.807, 2.05) is 31.2 Å². The fourth-order valence-electron chi connectivity index (χ4n) is 3.32. The third kappa shape index (κ3) is 2.50. The summed E-state index contributed by atoms with van der Waals surface area (Å²) < 4.78 is 1.76. The summed E-state index contributed by atoms with van der Waals surface area (Å²) in [5, 5.41) is 1.52. The lowest BCUT2D eigenvalue weighted by Crippen LogP contribution is -2.25. The van der Waals surface area contributed by atoms with E-state index in [1.165, 1.54) is 16.9 Å². The lowest BCUT2D eigenvalue weighted by atomic mass is 9.97. The molecule has 2 heterocycles. The highest BCUT2D eigenvalue weighted by Crippen LogP contribution is 2.33. The molecule has 1 aromatic carbocycles. The van der Waals surface area contributed by atoms with Crippen LogP contribution in [-0.4, -0.2) is 9.55 Å². The van der Waals surface area contributed by atoms with Gasteiger partial charge in [0.25, 0.3) is 5.56 Å². The van der Waals surface area contributed by atoms with Crippen molar-refractivity contribution in [2.75, 3.05) is 0 Å². The van der Waals surface area contributed by atoms with Gasteiger partial charge >= 0.3 is 0 Å². The largest absolute Gasteiger partial charge is 0.292 e. The molecule has 5 heteroatoms. The van der Waals surface area contributed by atoms with Crippen LogP contribution in [-0.2, 0) is 19.4 Å². The topological polar surface area (TPSA) is 34.9 Å². The van der Waals surface area contributed by atoms with Crippen molar-refractivity contribution < 1.29 is 0 Å². The maximum atomic E-state index is 13.1. The Kier molecular flexibility index (Phi) is 3.74. The molecule has 0 saturated heterocycles. The van der Waals surface area contributed by atoms with Gasteiger partial charge in [0.2, 0.25) is 0 Å². The monoisotopic (exact) mass is 344 g/mol. The van der Waals surface area contributed by atoms with Crippen molar-refractivity contribution in [1.29, 1.82) is 0 Å². The Morgan fingerprint density at radius 3 is 2.87 bits per heavy atom. The molecule has 3 aromatic rings. The van der Waals surface area contributed by atoms with Gasteiger partial charge in [0.1, 0.15) is 10.7 Å². The SMILES string of the molecule is Cc1nc2sc3c(c2c(=O)n1Cc1ccccc1Cl)CCCC3. The summed E-state index contributed by atoms with van der Waals surface area (Å²) in [6, 6.07) is 7.66. The van der Waals surface area contributed by atoms with E-state index in [2.05, 4.69) is 0 Å². The van der Waals surface area contributed by atoms with E-state index >= 15 is 0 Å². The van der Waals surface area contributed by atoms with Gasteiger partial charge in [-0.05, 0) is 49.8 Å². The Balaban J connectivity index is 1.90. The number of aromatic nitrogens is 2. The van der Waals surface area contributed by atoms with Crippen LogP contribution in [0.3, 0.4) is 0 Å². The normalized spacial score (nSPS) is 14.2. The van der Waals surface area contributed by atoms with E-state index in [4.69, 9.17) is 16.6 Å². The lowest BCUT2D eigenvalue weighted by Gasteiger charge is -2.12. The van der Waals surface area contributed by atoms with Crippen LogP contribution < -0.4 is 5.56 Å². The van der Waals surface area contributed by atoms with Gasteiger partial charge in [-0.25, -0.2) is 4.98 Å². The van der Waals surface area contributed by atoms with Crippen LogP contribution in [0.15, 0.2) is 29.1 Å². The molecular weight excluding hydrogens is 328 g/mol. The van der Waals surface area contributed by atoms with Gasteiger partial charge in [0.05, 0.1) is 11.9 Å². The Labute approximate surface area is 143 Å². The second-order valence-corrected chi connectivity index (χ2v) is 7.52. The van der Waals surface area contributed by atoms with Gasteiger partial charge in [0, 0.05) is 9.90 Å². The molecule has 0 fully saturated rings. The quantitative estimate of drug-likeness (QED) is 0.692. The summed E-state index contributed by atoms with van der Waals surface area (Å²) >= 11 is 7.95. The van der Waals surface area contributed by atoms with Crippen molar-refractivity contribution in [3.63, 3.8) is 0 Å². The van der Waals surface area contributed by atoms with Gasteiger partial charge in [-0.3, -0.25) is 9.36 Å². The zero-order chi connectivity index (χ0) is 16.0. The van der Waals surface area contributed by atoms with Gasteiger partial charge in [-0.1, -0.05) is 29.8 Å². The first-order valence-corrected chi connectivity index (χ1v) is 9.09. The zero-order valence-electron chi connectivity index (χ0n) is 12.9. The minimum absolute atomic E-state index is 0.0758. The van der Waals surface area contributed by atoms with Crippen LogP contribution in [0.1, 0.15) is 34.7 Å². The van der Waals surface area contributed by atoms with Crippen molar-refractivity contribution in [3.05, 3.63) is 61.5 Å². The fraction of sp³-hybridized carbons (Fsp3) is 0.333. The molecule has 3 nitrogen and oxygen atoms in total. The van der Waals surface area contributed by atoms with E-state index in [-0.39, 0.29) is 5.56 Å². The highest BCUT2D eigenvalue weighted by atomic mass is 35.5. The Morgan fingerprint density at radius 1 is 1.26 bits per heavy atom. The molecule has 2 aromatic heterocycles. The molecule has 1 aliphatic rings. The molecule has 118 valence electrons. The predicted octanol–water partition coefficient (Wildman–Crippen LogP) is 4.35. The van der Waals surface area contributed by atoms with Crippen molar-refractivity contribution in [1.82, 2.24) is 9.55 Å². The number of rotatable bonds is 2. The van der Waals surface area contributed by atoms with Crippen molar-refractivity contribution >= 4 is 33.2 Å². The summed E-state index contributed by atoms with van der Waals surface area (Å²) in [6.07, 6.45) is 4.46. The number of aryl methyl sites for hydroxylation is 3. The lowest BCUT2D eigenvalue weighted by molar-refractivity contribution is 0.693. The first-order chi connectivity index (χ1) is 11.1.